The molecule has 0 heterocycles. The summed E-state index contributed by atoms with van der Waals surface area (Å²) in [6, 6.07) is 13.5. The summed E-state index contributed by atoms with van der Waals surface area (Å²) in [6.07, 6.45) is 0. The molecule has 94 valence electrons. The third-order valence-electron chi connectivity index (χ3n) is 2.71. The maximum atomic E-state index is 5.86. The summed E-state index contributed by atoms with van der Waals surface area (Å²) in [5.41, 5.74) is 7.84. The van der Waals surface area contributed by atoms with E-state index in [1.165, 1.54) is 0 Å². The fraction of sp³-hybridized carbons (Fsp3) is 0.200. The van der Waals surface area contributed by atoms with E-state index >= 15 is 0 Å². The molecule has 0 aliphatic heterocycles. The van der Waals surface area contributed by atoms with Gasteiger partial charge in [0.15, 0.2) is 0 Å². The summed E-state index contributed by atoms with van der Waals surface area (Å²) in [4.78, 5) is 0. The first kappa shape index (κ1) is 12.5. The molecule has 3 heteroatoms. The van der Waals surface area contributed by atoms with E-state index in [2.05, 4.69) is 0 Å². The predicted molar refractivity (Wildman–Crippen MR) is 72.1 cm³/mol. The van der Waals surface area contributed by atoms with E-state index in [4.69, 9.17) is 15.2 Å². The first-order valence-electron chi connectivity index (χ1n) is 5.84. The van der Waals surface area contributed by atoms with Crippen molar-refractivity contribution in [2.75, 3.05) is 7.11 Å². The average Bonchev–Trinajstić information content (AvgIpc) is 2.39. The highest BCUT2D eigenvalue weighted by atomic mass is 16.5. The second-order valence-electron chi connectivity index (χ2n) is 4.10. The highest BCUT2D eigenvalue weighted by molar-refractivity contribution is 5.42. The molecule has 0 bridgehead atoms. The normalized spacial score (nSPS) is 10.2. The van der Waals surface area contributed by atoms with Gasteiger partial charge in [-0.1, -0.05) is 18.2 Å². The fourth-order valence-electron chi connectivity index (χ4n) is 1.72. The number of rotatable bonds is 4. The average molecular weight is 243 g/mol. The van der Waals surface area contributed by atoms with Gasteiger partial charge in [-0.2, -0.15) is 0 Å². The summed E-state index contributed by atoms with van der Waals surface area (Å²) in [6.45, 7) is 2.48. The molecule has 0 atom stereocenters. The molecule has 0 aliphatic rings. The van der Waals surface area contributed by atoms with Crippen molar-refractivity contribution in [3.8, 4) is 17.2 Å². The fourth-order valence-corrected chi connectivity index (χ4v) is 1.72. The Morgan fingerprint density at radius 3 is 2.56 bits per heavy atom. The van der Waals surface area contributed by atoms with E-state index < -0.39 is 0 Å². The lowest BCUT2D eigenvalue weighted by atomic mass is 10.1. The predicted octanol–water partition coefficient (Wildman–Crippen LogP) is 3.25. The minimum absolute atomic E-state index is 0.458. The number of methoxy groups -OCH3 is 1. The van der Waals surface area contributed by atoms with Crippen LogP contribution in [0.2, 0.25) is 0 Å². The number of hydrogen-bond acceptors (Lipinski definition) is 3. The maximum Gasteiger partial charge on any atom is 0.132 e. The Labute approximate surface area is 107 Å². The Morgan fingerprint density at radius 2 is 1.83 bits per heavy atom. The minimum atomic E-state index is 0.458. The quantitative estimate of drug-likeness (QED) is 0.896. The number of benzene rings is 2. The van der Waals surface area contributed by atoms with E-state index in [1.807, 2.05) is 49.4 Å². The van der Waals surface area contributed by atoms with Crippen LogP contribution in [0.4, 0.5) is 0 Å². The number of aryl methyl sites for hydroxylation is 1. The molecular weight excluding hydrogens is 226 g/mol. The monoisotopic (exact) mass is 243 g/mol. The molecule has 2 aromatic rings. The zero-order chi connectivity index (χ0) is 13.0. The van der Waals surface area contributed by atoms with E-state index in [-0.39, 0.29) is 0 Å². The van der Waals surface area contributed by atoms with Crippen molar-refractivity contribution in [3.05, 3.63) is 53.6 Å². The van der Waals surface area contributed by atoms with E-state index in [1.54, 1.807) is 7.11 Å². The topological polar surface area (TPSA) is 44.5 Å². The van der Waals surface area contributed by atoms with Crippen molar-refractivity contribution >= 4 is 0 Å². The molecule has 3 nitrogen and oxygen atoms in total. The highest BCUT2D eigenvalue weighted by Crippen LogP contribution is 2.28. The third kappa shape index (κ3) is 2.81. The van der Waals surface area contributed by atoms with Crippen LogP contribution in [0.5, 0.6) is 17.2 Å². The molecule has 2 N–H and O–H groups in total. The van der Waals surface area contributed by atoms with Gasteiger partial charge in [0.2, 0.25) is 0 Å². The van der Waals surface area contributed by atoms with Gasteiger partial charge in [-0.15, -0.1) is 0 Å². The molecular formula is C15H17NO2. The van der Waals surface area contributed by atoms with Gasteiger partial charge in [-0.05, 0) is 30.7 Å². The molecule has 0 radical (unpaired) electrons. The molecule has 2 rings (SSSR count). The minimum Gasteiger partial charge on any atom is -0.497 e. The van der Waals surface area contributed by atoms with Gasteiger partial charge in [0.25, 0.3) is 0 Å². The van der Waals surface area contributed by atoms with Crippen LogP contribution in [0.25, 0.3) is 0 Å². The zero-order valence-electron chi connectivity index (χ0n) is 10.6. The van der Waals surface area contributed by atoms with Gasteiger partial charge in [0.1, 0.15) is 17.2 Å². The van der Waals surface area contributed by atoms with Crippen LogP contribution in [-0.4, -0.2) is 7.11 Å². The van der Waals surface area contributed by atoms with Crippen molar-refractivity contribution in [2.24, 2.45) is 5.73 Å². The Bertz CT molecular complexity index is 538. The van der Waals surface area contributed by atoms with E-state index in [0.717, 1.165) is 28.4 Å². The van der Waals surface area contributed by atoms with Crippen molar-refractivity contribution in [2.45, 2.75) is 13.5 Å². The van der Waals surface area contributed by atoms with Gasteiger partial charge in [0, 0.05) is 18.2 Å². The molecule has 0 aliphatic carbocycles. The Kier molecular flexibility index (Phi) is 3.85. The Morgan fingerprint density at radius 1 is 1.06 bits per heavy atom. The van der Waals surface area contributed by atoms with Crippen LogP contribution in [0, 0.1) is 6.92 Å². The van der Waals surface area contributed by atoms with Crippen molar-refractivity contribution in [3.63, 3.8) is 0 Å². The molecule has 2 aromatic carbocycles. The van der Waals surface area contributed by atoms with Crippen LogP contribution in [0.3, 0.4) is 0 Å². The lowest BCUT2D eigenvalue weighted by Gasteiger charge is -2.11. The molecule has 0 fully saturated rings. The summed E-state index contributed by atoms with van der Waals surface area (Å²) in [5, 5.41) is 0. The molecule has 0 aromatic heterocycles. The summed E-state index contributed by atoms with van der Waals surface area (Å²) in [5.74, 6) is 2.31. The highest BCUT2D eigenvalue weighted by Gasteiger charge is 2.05. The summed E-state index contributed by atoms with van der Waals surface area (Å²) in [7, 11) is 1.64. The molecule has 0 amide bonds. The smallest absolute Gasteiger partial charge is 0.132 e. The van der Waals surface area contributed by atoms with Crippen molar-refractivity contribution in [1.82, 2.24) is 0 Å². The van der Waals surface area contributed by atoms with Gasteiger partial charge < -0.3 is 15.2 Å². The van der Waals surface area contributed by atoms with Gasteiger partial charge >= 0.3 is 0 Å². The summed E-state index contributed by atoms with van der Waals surface area (Å²) < 4.78 is 11.0. The van der Waals surface area contributed by atoms with Crippen LogP contribution >= 0.6 is 0 Å². The Hall–Kier alpha value is -2.00. The van der Waals surface area contributed by atoms with Gasteiger partial charge in [0.05, 0.1) is 7.11 Å². The lowest BCUT2D eigenvalue weighted by molar-refractivity contribution is 0.408. The third-order valence-corrected chi connectivity index (χ3v) is 2.71. The van der Waals surface area contributed by atoms with Crippen molar-refractivity contribution in [1.29, 1.82) is 0 Å². The number of nitrogens with two attached hydrogens (primary N) is 1. The maximum absolute atomic E-state index is 5.86. The second-order valence-corrected chi connectivity index (χ2v) is 4.10. The number of hydrogen-bond donors (Lipinski definition) is 1. The summed E-state index contributed by atoms with van der Waals surface area (Å²) >= 11 is 0. The number of ether oxygens (including phenoxy) is 2. The SMILES string of the molecule is COc1cccc(Oc2cc(C)ccc2CN)c1. The van der Waals surface area contributed by atoms with Gasteiger partial charge in [-0.25, -0.2) is 0 Å². The van der Waals surface area contributed by atoms with Crippen molar-refractivity contribution < 1.29 is 9.47 Å². The van der Waals surface area contributed by atoms with E-state index in [0.29, 0.717) is 6.54 Å². The lowest BCUT2D eigenvalue weighted by Crippen LogP contribution is -1.99. The molecule has 18 heavy (non-hydrogen) atoms. The van der Waals surface area contributed by atoms with Crippen LogP contribution < -0.4 is 15.2 Å². The molecule has 0 saturated heterocycles. The van der Waals surface area contributed by atoms with Crippen LogP contribution in [0.1, 0.15) is 11.1 Å². The van der Waals surface area contributed by atoms with E-state index in [9.17, 15) is 0 Å². The molecule has 0 spiro atoms. The Balaban J connectivity index is 2.29. The first-order chi connectivity index (χ1) is 8.72. The molecule has 0 saturated carbocycles. The second kappa shape index (κ2) is 5.56. The van der Waals surface area contributed by atoms with Crippen LogP contribution in [0.15, 0.2) is 42.5 Å². The molecule has 0 unspecified atom stereocenters. The van der Waals surface area contributed by atoms with Gasteiger partial charge in [-0.3, -0.25) is 0 Å². The first-order valence-corrected chi connectivity index (χ1v) is 5.84. The standard InChI is InChI=1S/C15H17NO2/c1-11-6-7-12(10-16)15(8-11)18-14-5-3-4-13(9-14)17-2/h3-9H,10,16H2,1-2H3. The van der Waals surface area contributed by atoms with Crippen LogP contribution in [-0.2, 0) is 6.54 Å². The largest absolute Gasteiger partial charge is 0.497 e. The zero-order valence-corrected chi connectivity index (χ0v) is 10.6.